The Morgan fingerprint density at radius 2 is 1.87 bits per heavy atom. The van der Waals surface area contributed by atoms with Crippen LogP contribution in [0.15, 0.2) is 36.4 Å². The first-order valence-corrected chi connectivity index (χ1v) is 10.2. The number of benzene rings is 2. The van der Waals surface area contributed by atoms with Gasteiger partial charge in [0, 0.05) is 12.1 Å². The minimum Gasteiger partial charge on any atom is -0.493 e. The molecule has 1 aliphatic rings. The number of ether oxygens (including phenoxy) is 2. The molecule has 2 aromatic carbocycles. The predicted octanol–water partition coefficient (Wildman–Crippen LogP) is 3.46. The lowest BCUT2D eigenvalue weighted by atomic mass is 9.95. The molecule has 1 heterocycles. The van der Waals surface area contributed by atoms with Gasteiger partial charge in [-0.1, -0.05) is 26.3 Å². The normalized spacial score (nSPS) is 16.0. The number of carbonyl (C=O) groups is 2. The lowest BCUT2D eigenvalue weighted by Gasteiger charge is -2.30. The molecule has 0 aromatic heterocycles. The summed E-state index contributed by atoms with van der Waals surface area (Å²) in [5.74, 6) is 1.30. The zero-order valence-electron chi connectivity index (χ0n) is 17.9. The number of hydrogen-bond donors (Lipinski definition) is 3. The minimum atomic E-state index is -0.260. The van der Waals surface area contributed by atoms with Gasteiger partial charge in [-0.15, -0.1) is 0 Å². The fraction of sp³-hybridized carbons (Fsp3) is 0.391. The van der Waals surface area contributed by atoms with Gasteiger partial charge in [0.1, 0.15) is 6.04 Å². The quantitative estimate of drug-likeness (QED) is 0.619. The molecule has 30 heavy (non-hydrogen) atoms. The number of fused-ring (bicyclic) bond motifs is 1. The Labute approximate surface area is 177 Å². The summed E-state index contributed by atoms with van der Waals surface area (Å²) in [6, 6.07) is 10.8. The molecule has 3 rings (SSSR count). The molecular weight excluding hydrogens is 382 g/mol. The molecule has 2 atom stereocenters. The van der Waals surface area contributed by atoms with Crippen molar-refractivity contribution in [2.75, 3.05) is 31.4 Å². The zero-order chi connectivity index (χ0) is 21.7. The van der Waals surface area contributed by atoms with Gasteiger partial charge in [0.15, 0.2) is 11.5 Å². The average molecular weight is 412 g/mol. The monoisotopic (exact) mass is 411 g/mol. The van der Waals surface area contributed by atoms with Crippen molar-refractivity contribution < 1.29 is 19.1 Å². The molecule has 0 radical (unpaired) electrons. The van der Waals surface area contributed by atoms with Crippen molar-refractivity contribution in [3.63, 3.8) is 0 Å². The van der Waals surface area contributed by atoms with E-state index in [0.29, 0.717) is 35.7 Å². The van der Waals surface area contributed by atoms with E-state index in [1.54, 1.807) is 26.4 Å². The van der Waals surface area contributed by atoms with Gasteiger partial charge in [0.25, 0.3) is 5.91 Å². The van der Waals surface area contributed by atoms with Crippen LogP contribution in [0, 0.1) is 5.92 Å². The van der Waals surface area contributed by atoms with Gasteiger partial charge in [0.2, 0.25) is 5.91 Å². The Morgan fingerprint density at radius 3 is 2.57 bits per heavy atom. The maximum atomic E-state index is 12.6. The number of amides is 2. The summed E-state index contributed by atoms with van der Waals surface area (Å²) in [5, 5.41) is 9.12. The van der Waals surface area contributed by atoms with Crippen LogP contribution in [0.3, 0.4) is 0 Å². The number of anilines is 2. The topological polar surface area (TPSA) is 88.7 Å². The Kier molecular flexibility index (Phi) is 6.82. The summed E-state index contributed by atoms with van der Waals surface area (Å²) in [5.41, 5.74) is 3.00. The van der Waals surface area contributed by atoms with Crippen LogP contribution in [0.4, 0.5) is 11.4 Å². The van der Waals surface area contributed by atoms with Gasteiger partial charge < -0.3 is 25.4 Å². The molecule has 0 unspecified atom stereocenters. The highest BCUT2D eigenvalue weighted by Gasteiger charge is 2.29. The van der Waals surface area contributed by atoms with Crippen molar-refractivity contribution in [2.45, 2.75) is 32.7 Å². The van der Waals surface area contributed by atoms with Gasteiger partial charge in [-0.3, -0.25) is 9.59 Å². The molecule has 7 nitrogen and oxygen atoms in total. The van der Waals surface area contributed by atoms with E-state index < -0.39 is 0 Å². The zero-order valence-corrected chi connectivity index (χ0v) is 17.9. The summed E-state index contributed by atoms with van der Waals surface area (Å²) in [6.45, 7) is 4.58. The second-order valence-corrected chi connectivity index (χ2v) is 7.45. The van der Waals surface area contributed by atoms with Crippen molar-refractivity contribution in [2.24, 2.45) is 5.92 Å². The fourth-order valence-electron chi connectivity index (χ4n) is 3.45. The molecule has 0 bridgehead atoms. The van der Waals surface area contributed by atoms with Gasteiger partial charge in [-0.2, -0.15) is 0 Å². The fourth-order valence-corrected chi connectivity index (χ4v) is 3.45. The third-order valence-electron chi connectivity index (χ3n) is 5.49. The van der Waals surface area contributed by atoms with E-state index in [1.165, 1.54) is 0 Å². The summed E-state index contributed by atoms with van der Waals surface area (Å²) in [4.78, 5) is 24.9. The van der Waals surface area contributed by atoms with E-state index >= 15 is 0 Å². The Morgan fingerprint density at radius 1 is 1.10 bits per heavy atom. The van der Waals surface area contributed by atoms with Gasteiger partial charge >= 0.3 is 0 Å². The predicted molar refractivity (Wildman–Crippen MR) is 118 cm³/mol. The maximum absolute atomic E-state index is 12.6. The van der Waals surface area contributed by atoms with Crippen molar-refractivity contribution in [3.05, 3.63) is 47.5 Å². The molecule has 0 saturated carbocycles. The van der Waals surface area contributed by atoms with Crippen LogP contribution in [0.2, 0.25) is 0 Å². The molecule has 1 aliphatic heterocycles. The minimum absolute atomic E-state index is 0.0668. The molecular formula is C23H29N3O4. The molecule has 0 fully saturated rings. The van der Waals surface area contributed by atoms with Gasteiger partial charge in [-0.05, 0) is 48.2 Å². The van der Waals surface area contributed by atoms with Crippen molar-refractivity contribution >= 4 is 23.2 Å². The third-order valence-corrected chi connectivity index (χ3v) is 5.49. The highest BCUT2D eigenvalue weighted by molar-refractivity contribution is 6.05. The number of nitrogens with one attached hydrogen (secondary N) is 3. The van der Waals surface area contributed by atoms with Crippen LogP contribution >= 0.6 is 0 Å². The number of carbonyl (C=O) groups excluding carboxylic acids is 2. The summed E-state index contributed by atoms with van der Waals surface area (Å²) in [7, 11) is 3.19. The van der Waals surface area contributed by atoms with Crippen molar-refractivity contribution in [1.82, 2.24) is 5.32 Å². The van der Waals surface area contributed by atoms with E-state index in [4.69, 9.17) is 9.47 Å². The number of hydrogen-bond acceptors (Lipinski definition) is 5. The summed E-state index contributed by atoms with van der Waals surface area (Å²) < 4.78 is 10.6. The second kappa shape index (κ2) is 9.52. The van der Waals surface area contributed by atoms with Gasteiger partial charge in [-0.25, -0.2) is 0 Å². The maximum Gasteiger partial charge on any atom is 0.251 e. The molecule has 0 aliphatic carbocycles. The van der Waals surface area contributed by atoms with E-state index in [-0.39, 0.29) is 23.8 Å². The smallest absolute Gasteiger partial charge is 0.251 e. The highest BCUT2D eigenvalue weighted by atomic mass is 16.5. The Balaban J connectivity index is 1.61. The van der Waals surface area contributed by atoms with Crippen LogP contribution < -0.4 is 25.4 Å². The molecule has 3 N–H and O–H groups in total. The first-order valence-electron chi connectivity index (χ1n) is 10.2. The molecule has 7 heteroatoms. The number of methoxy groups -OCH3 is 2. The highest BCUT2D eigenvalue weighted by Crippen LogP contribution is 2.30. The first kappa shape index (κ1) is 21.5. The standard InChI is InChI=1S/C23H29N3O4/c1-5-14(2)21-23(28)26-18-13-16(7-8-17(18)25-21)22(27)24-11-10-15-6-9-19(29-3)20(12-15)30-4/h6-9,12-14,21,25H,5,10-11H2,1-4H3,(H,24,27)(H,26,28)/t14-,21+/m0/s1. The molecule has 0 saturated heterocycles. The average Bonchev–Trinajstić information content (AvgIpc) is 2.77. The van der Waals surface area contributed by atoms with E-state index in [1.807, 2.05) is 31.2 Å². The van der Waals surface area contributed by atoms with Crippen LogP contribution in [0.1, 0.15) is 36.2 Å². The van der Waals surface area contributed by atoms with Crippen LogP contribution in [0.25, 0.3) is 0 Å². The van der Waals surface area contributed by atoms with Crippen LogP contribution in [0.5, 0.6) is 11.5 Å². The second-order valence-electron chi connectivity index (χ2n) is 7.45. The van der Waals surface area contributed by atoms with Crippen molar-refractivity contribution in [3.8, 4) is 11.5 Å². The summed E-state index contributed by atoms with van der Waals surface area (Å²) >= 11 is 0. The van der Waals surface area contributed by atoms with Crippen LogP contribution in [-0.2, 0) is 11.2 Å². The van der Waals surface area contributed by atoms with Crippen LogP contribution in [-0.4, -0.2) is 38.6 Å². The molecule has 2 amide bonds. The van der Waals surface area contributed by atoms with E-state index in [0.717, 1.165) is 17.7 Å². The Bertz CT molecular complexity index is 929. The Hall–Kier alpha value is -3.22. The number of rotatable bonds is 8. The van der Waals surface area contributed by atoms with Gasteiger partial charge in [0.05, 0.1) is 25.6 Å². The first-order chi connectivity index (χ1) is 14.5. The molecule has 2 aromatic rings. The largest absolute Gasteiger partial charge is 0.493 e. The lowest BCUT2D eigenvalue weighted by molar-refractivity contribution is -0.118. The lowest BCUT2D eigenvalue weighted by Crippen LogP contribution is -2.43. The molecule has 160 valence electrons. The van der Waals surface area contributed by atoms with E-state index in [9.17, 15) is 9.59 Å². The summed E-state index contributed by atoms with van der Waals surface area (Å²) in [6.07, 6.45) is 1.56. The third kappa shape index (κ3) is 4.67. The molecule has 0 spiro atoms. The van der Waals surface area contributed by atoms with E-state index in [2.05, 4.69) is 22.9 Å². The van der Waals surface area contributed by atoms with Crippen molar-refractivity contribution in [1.29, 1.82) is 0 Å². The SMILES string of the molecule is CC[C@H](C)[C@H]1Nc2ccc(C(=O)NCCc3ccc(OC)c(OC)c3)cc2NC1=O.